The summed E-state index contributed by atoms with van der Waals surface area (Å²) in [6.07, 6.45) is 2.05. The number of para-hydroxylation sites is 1. The fraction of sp³-hybridized carbons (Fsp3) is 0.714. The van der Waals surface area contributed by atoms with Crippen molar-refractivity contribution in [3.8, 4) is 5.75 Å². The van der Waals surface area contributed by atoms with E-state index in [1.807, 2.05) is 18.2 Å². The first-order valence-electron chi connectivity index (χ1n) is 9.37. The molecule has 0 saturated heterocycles. The van der Waals surface area contributed by atoms with Crippen molar-refractivity contribution in [3.05, 3.63) is 30.3 Å². The highest BCUT2D eigenvalue weighted by atomic mass is 16.5. The Balaban J connectivity index is 3.18. The fourth-order valence-electron chi connectivity index (χ4n) is 3.41. The molecule has 1 rings (SSSR count). The summed E-state index contributed by atoms with van der Waals surface area (Å²) in [7, 11) is 4.57. The molecule has 1 aromatic carbocycles. The van der Waals surface area contributed by atoms with Crippen LogP contribution in [0.1, 0.15) is 47.5 Å². The summed E-state index contributed by atoms with van der Waals surface area (Å²) < 4.78 is 13.2. The van der Waals surface area contributed by atoms with Gasteiger partial charge in [0, 0.05) is 19.4 Å². The average Bonchev–Trinajstić information content (AvgIpc) is 2.46. The molecule has 0 aromatic heterocycles. The maximum atomic E-state index is 6.74. The summed E-state index contributed by atoms with van der Waals surface area (Å²) in [5, 5.41) is 0. The number of hydrogen-bond donors (Lipinski definition) is 0. The van der Waals surface area contributed by atoms with Crippen molar-refractivity contribution >= 4 is 0 Å². The van der Waals surface area contributed by atoms with Crippen LogP contribution in [0.15, 0.2) is 30.3 Å². The predicted molar refractivity (Wildman–Crippen MR) is 102 cm³/mol. The molecule has 138 valence electrons. The van der Waals surface area contributed by atoms with Gasteiger partial charge in [0.15, 0.2) is 0 Å². The lowest BCUT2D eigenvalue weighted by molar-refractivity contribution is -0.965. The van der Waals surface area contributed by atoms with Gasteiger partial charge in [-0.3, -0.25) is 4.48 Å². The smallest absolute Gasteiger partial charge is 0.243 e. The summed E-state index contributed by atoms with van der Waals surface area (Å²) in [4.78, 5) is 0. The molecular weight excluding hydrogens is 298 g/mol. The molecule has 0 aliphatic rings. The van der Waals surface area contributed by atoms with Gasteiger partial charge in [0.25, 0.3) is 0 Å². The Morgan fingerprint density at radius 3 is 1.96 bits per heavy atom. The Hall–Kier alpha value is -1.06. The summed E-state index contributed by atoms with van der Waals surface area (Å²) in [6.45, 7) is 13.7. The second kappa shape index (κ2) is 9.43. The Kier molecular flexibility index (Phi) is 8.24. The van der Waals surface area contributed by atoms with E-state index in [2.05, 4.69) is 60.8 Å². The highest BCUT2D eigenvalue weighted by Crippen LogP contribution is 2.37. The zero-order valence-electron chi connectivity index (χ0n) is 16.8. The molecule has 3 nitrogen and oxygen atoms in total. The molecule has 1 aromatic rings. The van der Waals surface area contributed by atoms with E-state index >= 15 is 0 Å². The van der Waals surface area contributed by atoms with E-state index in [1.54, 1.807) is 0 Å². The molecule has 0 spiro atoms. The van der Waals surface area contributed by atoms with Gasteiger partial charge in [0.05, 0.1) is 20.7 Å². The quantitative estimate of drug-likeness (QED) is 0.323. The van der Waals surface area contributed by atoms with Gasteiger partial charge in [-0.15, -0.1) is 0 Å². The first-order chi connectivity index (χ1) is 11.2. The van der Waals surface area contributed by atoms with Crippen molar-refractivity contribution < 1.29 is 14.0 Å². The van der Waals surface area contributed by atoms with Crippen molar-refractivity contribution in [3.63, 3.8) is 0 Å². The van der Waals surface area contributed by atoms with Gasteiger partial charge in [0.1, 0.15) is 12.3 Å². The van der Waals surface area contributed by atoms with Crippen LogP contribution in [-0.2, 0) is 4.74 Å². The van der Waals surface area contributed by atoms with Crippen molar-refractivity contribution in [2.45, 2.75) is 53.2 Å². The Labute approximate surface area is 149 Å². The lowest BCUT2D eigenvalue weighted by Crippen LogP contribution is -2.65. The zero-order valence-corrected chi connectivity index (χ0v) is 16.8. The molecular formula is C21H38NO2+. The minimum Gasteiger partial charge on any atom is -0.440 e. The van der Waals surface area contributed by atoms with Crippen LogP contribution in [0, 0.1) is 11.8 Å². The van der Waals surface area contributed by atoms with E-state index in [0.717, 1.165) is 42.8 Å². The standard InChI is InChI=1S/C21H38NO2/c1-8-23-15-14-22(6,7)21(16-18(2)3,17-19(4)5)24-20-12-10-9-11-13-20/h9-13,18-19H,8,14-17H2,1-7H3/q+1. The van der Waals surface area contributed by atoms with Crippen LogP contribution in [-0.4, -0.2) is 44.1 Å². The van der Waals surface area contributed by atoms with Crippen LogP contribution in [0.4, 0.5) is 0 Å². The Bertz CT molecular complexity index is 444. The summed E-state index contributed by atoms with van der Waals surface area (Å²) in [6, 6.07) is 10.3. The van der Waals surface area contributed by atoms with Crippen LogP contribution in [0.2, 0.25) is 0 Å². The van der Waals surface area contributed by atoms with Gasteiger partial charge in [-0.2, -0.15) is 0 Å². The highest BCUT2D eigenvalue weighted by molar-refractivity contribution is 5.21. The molecule has 0 bridgehead atoms. The molecule has 3 heteroatoms. The minimum atomic E-state index is -0.249. The Morgan fingerprint density at radius 2 is 1.50 bits per heavy atom. The van der Waals surface area contributed by atoms with E-state index < -0.39 is 0 Å². The molecule has 0 fully saturated rings. The van der Waals surface area contributed by atoms with Crippen LogP contribution in [0.5, 0.6) is 5.75 Å². The SMILES string of the molecule is CCOCC[N+](C)(C)C(CC(C)C)(CC(C)C)Oc1ccccc1. The number of benzene rings is 1. The number of likely N-dealkylation sites (N-methyl/N-ethyl adjacent to an activating group) is 1. The number of ether oxygens (including phenoxy) is 2. The molecule has 0 saturated carbocycles. The summed E-state index contributed by atoms with van der Waals surface area (Å²) >= 11 is 0. The third kappa shape index (κ3) is 6.10. The Morgan fingerprint density at radius 1 is 0.958 bits per heavy atom. The van der Waals surface area contributed by atoms with Crippen LogP contribution >= 0.6 is 0 Å². The van der Waals surface area contributed by atoms with Gasteiger partial charge in [-0.25, -0.2) is 0 Å². The van der Waals surface area contributed by atoms with Crippen molar-refractivity contribution in [1.82, 2.24) is 0 Å². The predicted octanol–water partition coefficient (Wildman–Crippen LogP) is 4.97. The topological polar surface area (TPSA) is 18.5 Å². The molecule has 0 aliphatic carbocycles. The van der Waals surface area contributed by atoms with E-state index in [1.165, 1.54) is 0 Å². The van der Waals surface area contributed by atoms with E-state index in [-0.39, 0.29) is 5.72 Å². The van der Waals surface area contributed by atoms with Gasteiger partial charge in [0.2, 0.25) is 5.72 Å². The second-order valence-electron chi connectivity index (χ2n) is 8.16. The van der Waals surface area contributed by atoms with Crippen molar-refractivity contribution in [1.29, 1.82) is 0 Å². The lowest BCUT2D eigenvalue weighted by Gasteiger charge is -2.49. The molecule has 24 heavy (non-hydrogen) atoms. The number of quaternary nitrogens is 1. The molecule has 0 amide bonds. The molecule has 0 radical (unpaired) electrons. The number of nitrogens with zero attached hydrogens (tertiary/aromatic N) is 1. The van der Waals surface area contributed by atoms with Gasteiger partial charge >= 0.3 is 0 Å². The zero-order chi connectivity index (χ0) is 18.2. The van der Waals surface area contributed by atoms with E-state index in [9.17, 15) is 0 Å². The van der Waals surface area contributed by atoms with Crippen molar-refractivity contribution in [2.24, 2.45) is 11.8 Å². The van der Waals surface area contributed by atoms with Gasteiger partial charge < -0.3 is 9.47 Å². The van der Waals surface area contributed by atoms with Crippen LogP contribution < -0.4 is 4.74 Å². The summed E-state index contributed by atoms with van der Waals surface area (Å²) in [5.74, 6) is 2.09. The molecule has 0 unspecified atom stereocenters. The maximum absolute atomic E-state index is 6.74. The fourth-order valence-corrected chi connectivity index (χ4v) is 3.41. The molecule has 0 aliphatic heterocycles. The monoisotopic (exact) mass is 336 g/mol. The minimum absolute atomic E-state index is 0.249. The molecule has 0 N–H and O–H groups in total. The number of rotatable bonds is 11. The third-order valence-electron chi connectivity index (χ3n) is 4.61. The van der Waals surface area contributed by atoms with E-state index in [4.69, 9.17) is 9.47 Å². The third-order valence-corrected chi connectivity index (χ3v) is 4.61. The normalized spacial score (nSPS) is 12.9. The highest BCUT2D eigenvalue weighted by Gasteiger charge is 2.48. The second-order valence-corrected chi connectivity index (χ2v) is 8.16. The molecule has 0 atom stereocenters. The van der Waals surface area contributed by atoms with Gasteiger partial charge in [-0.05, 0) is 30.9 Å². The number of hydrogen-bond acceptors (Lipinski definition) is 2. The van der Waals surface area contributed by atoms with Crippen molar-refractivity contribution in [2.75, 3.05) is 33.9 Å². The first kappa shape index (κ1) is 21.0. The van der Waals surface area contributed by atoms with Crippen LogP contribution in [0.25, 0.3) is 0 Å². The summed E-state index contributed by atoms with van der Waals surface area (Å²) in [5.41, 5.74) is -0.249. The van der Waals surface area contributed by atoms with E-state index in [0.29, 0.717) is 11.8 Å². The van der Waals surface area contributed by atoms with Gasteiger partial charge in [-0.1, -0.05) is 45.9 Å². The molecule has 0 heterocycles. The van der Waals surface area contributed by atoms with Crippen LogP contribution in [0.3, 0.4) is 0 Å². The largest absolute Gasteiger partial charge is 0.440 e. The average molecular weight is 337 g/mol. The first-order valence-corrected chi connectivity index (χ1v) is 9.37. The maximum Gasteiger partial charge on any atom is 0.243 e. The lowest BCUT2D eigenvalue weighted by atomic mass is 9.88.